The fraction of sp³-hybridized carbons (Fsp3) is 0.281. The minimum absolute atomic E-state index is 0.360. The van der Waals surface area contributed by atoms with E-state index in [1.54, 1.807) is 37.7 Å². The van der Waals surface area contributed by atoms with Crippen molar-refractivity contribution in [3.05, 3.63) is 94.4 Å². The molecule has 0 aliphatic carbocycles. The summed E-state index contributed by atoms with van der Waals surface area (Å²) in [6, 6.07) is 15.8. The Morgan fingerprint density at radius 3 is 2.16 bits per heavy atom. The molecule has 0 atom stereocenters. The first-order valence-electron chi connectivity index (χ1n) is 13.5. The Bertz CT molecular complexity index is 1590. The third-order valence-corrected chi connectivity index (χ3v) is 12.7. The molecule has 3 aromatic rings. The maximum atomic E-state index is 14.1. The van der Waals surface area contributed by atoms with E-state index >= 15 is 0 Å². The van der Waals surface area contributed by atoms with Crippen LogP contribution in [0.25, 0.3) is 11.6 Å². The van der Waals surface area contributed by atoms with Crippen molar-refractivity contribution in [2.24, 2.45) is 0 Å². The van der Waals surface area contributed by atoms with Gasteiger partial charge < -0.3 is 18.9 Å². The highest BCUT2D eigenvalue weighted by molar-refractivity contribution is 9.11. The van der Waals surface area contributed by atoms with Crippen LogP contribution in [0.15, 0.2) is 77.8 Å². The van der Waals surface area contributed by atoms with Crippen LogP contribution in [0.3, 0.4) is 0 Å². The first-order valence-corrected chi connectivity index (χ1v) is 18.6. The van der Waals surface area contributed by atoms with E-state index in [1.165, 1.54) is 0 Å². The maximum Gasteiger partial charge on any atom is 0.342 e. The van der Waals surface area contributed by atoms with Crippen molar-refractivity contribution in [1.29, 1.82) is 0 Å². The number of hydrogen-bond donors (Lipinski definition) is 0. The van der Waals surface area contributed by atoms with Gasteiger partial charge in [-0.05, 0) is 147 Å². The van der Waals surface area contributed by atoms with E-state index in [-0.39, 0.29) is 5.97 Å². The lowest BCUT2D eigenvalue weighted by molar-refractivity contribution is -0.133. The van der Waals surface area contributed by atoms with Gasteiger partial charge >= 0.3 is 5.97 Å². The Labute approximate surface area is 294 Å². The lowest BCUT2D eigenvalue weighted by Crippen LogP contribution is -2.29. The Balaban J connectivity index is 1.77. The number of thioether (sulfide) groups is 2. The average Bonchev–Trinajstić information content (AvgIpc) is 3.32. The monoisotopic (exact) mass is 872 g/mol. The third kappa shape index (κ3) is 6.77. The van der Waals surface area contributed by atoms with Crippen LogP contribution in [0.2, 0.25) is 0 Å². The van der Waals surface area contributed by atoms with Gasteiger partial charge in [0, 0.05) is 5.57 Å². The summed E-state index contributed by atoms with van der Waals surface area (Å²) in [5, 5.41) is 0. The summed E-state index contributed by atoms with van der Waals surface area (Å²) in [4.78, 5) is 14.1. The van der Waals surface area contributed by atoms with Crippen molar-refractivity contribution in [3.63, 3.8) is 0 Å². The fourth-order valence-electron chi connectivity index (χ4n) is 4.96. The van der Waals surface area contributed by atoms with Gasteiger partial charge in [0.15, 0.2) is 0 Å². The molecule has 11 heteroatoms. The van der Waals surface area contributed by atoms with E-state index in [2.05, 4.69) is 70.6 Å². The first kappa shape index (κ1) is 33.0. The minimum Gasteiger partial charge on any atom is -0.496 e. The molecule has 2 aliphatic heterocycles. The molecule has 226 valence electrons. The molecule has 43 heavy (non-hydrogen) atoms. The number of methoxy groups -OCH3 is 2. The summed E-state index contributed by atoms with van der Waals surface area (Å²) in [5.74, 6) is 4.10. The summed E-state index contributed by atoms with van der Waals surface area (Å²) in [6.45, 7) is 2.69. The molecule has 0 spiro atoms. The first-order chi connectivity index (χ1) is 20.7. The average molecular weight is 876 g/mol. The van der Waals surface area contributed by atoms with Gasteiger partial charge in [-0.15, -0.1) is 23.5 Å². The van der Waals surface area contributed by atoms with E-state index in [9.17, 15) is 4.79 Å². The highest BCUT2D eigenvalue weighted by Gasteiger charge is 2.49. The topological polar surface area (TPSA) is 54.0 Å². The molecule has 2 heterocycles. The molecule has 0 bridgehead atoms. The molecular formula is C32H28Br4O5S2. The van der Waals surface area contributed by atoms with Gasteiger partial charge in [0.1, 0.15) is 27.1 Å². The number of cyclic esters (lactones) is 1. The number of carbonyl (C=O) groups excluding carboxylic acids is 1. The quantitative estimate of drug-likeness (QED) is 0.199. The second kappa shape index (κ2) is 14.4. The van der Waals surface area contributed by atoms with E-state index < -0.39 is 4.08 Å². The van der Waals surface area contributed by atoms with E-state index in [1.807, 2.05) is 54.6 Å². The van der Waals surface area contributed by atoms with Crippen molar-refractivity contribution in [3.8, 4) is 17.2 Å². The highest BCUT2D eigenvalue weighted by Crippen LogP contribution is 2.60. The predicted octanol–water partition coefficient (Wildman–Crippen LogP) is 10.6. The molecule has 1 saturated heterocycles. The van der Waals surface area contributed by atoms with Gasteiger partial charge in [-0.25, -0.2) is 4.79 Å². The van der Waals surface area contributed by atoms with Crippen molar-refractivity contribution in [2.45, 2.75) is 23.8 Å². The zero-order chi connectivity index (χ0) is 30.7. The standard InChI is InChI=1S/C32H28Br4O5S2/c1-4-10-40-26-9-7-19(15-22(26)34)28-27(14-18-6-8-25(38-2)21(33)13-18)41-31(37)29(28)32(42-11-5-12-43-32)20-16-23(35)30(39-3)24(36)17-20/h6-9,13-17H,4-5,10-12H2,1-3H3/b27-14-. The minimum atomic E-state index is -0.720. The van der Waals surface area contributed by atoms with Crippen molar-refractivity contribution >= 4 is 105 Å². The van der Waals surface area contributed by atoms with Crippen LogP contribution in [0, 0.1) is 0 Å². The van der Waals surface area contributed by atoms with Crippen LogP contribution >= 0.6 is 87.2 Å². The summed E-state index contributed by atoms with van der Waals surface area (Å²) < 4.78 is 25.6. The Morgan fingerprint density at radius 1 is 0.884 bits per heavy atom. The Morgan fingerprint density at radius 2 is 1.56 bits per heavy atom. The molecule has 3 aromatic carbocycles. The molecule has 0 N–H and O–H groups in total. The second-order valence-corrected chi connectivity index (χ2v) is 16.0. The summed E-state index contributed by atoms with van der Waals surface area (Å²) in [5.41, 5.74) is 4.06. The maximum absolute atomic E-state index is 14.1. The molecule has 0 amide bonds. The molecule has 0 unspecified atom stereocenters. The van der Waals surface area contributed by atoms with Crippen LogP contribution < -0.4 is 14.2 Å². The number of hydrogen-bond acceptors (Lipinski definition) is 7. The van der Waals surface area contributed by atoms with E-state index in [4.69, 9.17) is 18.9 Å². The molecule has 5 nitrogen and oxygen atoms in total. The molecule has 0 radical (unpaired) electrons. The third-order valence-electron chi connectivity index (χ3n) is 6.87. The lowest BCUT2D eigenvalue weighted by Gasteiger charge is -2.37. The number of halogens is 4. The lowest BCUT2D eigenvalue weighted by atomic mass is 9.93. The molecular weight excluding hydrogens is 848 g/mol. The van der Waals surface area contributed by atoms with E-state index in [0.29, 0.717) is 23.7 Å². The van der Waals surface area contributed by atoms with E-state index in [0.717, 1.165) is 76.0 Å². The zero-order valence-corrected chi connectivity index (χ0v) is 31.6. The van der Waals surface area contributed by atoms with Gasteiger partial charge in [0.2, 0.25) is 0 Å². The van der Waals surface area contributed by atoms with Gasteiger partial charge in [0.05, 0.1) is 44.3 Å². The van der Waals surface area contributed by atoms with Crippen molar-refractivity contribution in [2.75, 3.05) is 32.3 Å². The van der Waals surface area contributed by atoms with Gasteiger partial charge in [-0.3, -0.25) is 0 Å². The van der Waals surface area contributed by atoms with Gasteiger partial charge in [-0.2, -0.15) is 0 Å². The summed E-state index contributed by atoms with van der Waals surface area (Å²) >= 11 is 18.2. The normalized spacial score (nSPS) is 17.3. The Kier molecular flexibility index (Phi) is 11.0. The van der Waals surface area contributed by atoms with Crippen LogP contribution in [-0.4, -0.2) is 38.3 Å². The van der Waals surface area contributed by atoms with Crippen molar-refractivity contribution < 1.29 is 23.7 Å². The zero-order valence-electron chi connectivity index (χ0n) is 23.6. The number of carbonyl (C=O) groups is 1. The fourth-order valence-corrected chi connectivity index (χ4v) is 10.9. The van der Waals surface area contributed by atoms with Crippen LogP contribution in [-0.2, 0) is 13.6 Å². The SMILES string of the molecule is CCCOc1ccc(C2=C(C3(c4cc(Br)c(OC)c(Br)c4)SCCCS3)C(=O)O/C2=C\c2ccc(OC)c(Br)c2)cc1Br. The number of esters is 1. The summed E-state index contributed by atoms with van der Waals surface area (Å²) in [6.07, 6.45) is 3.86. The van der Waals surface area contributed by atoms with Crippen LogP contribution in [0.1, 0.15) is 36.5 Å². The van der Waals surface area contributed by atoms with Gasteiger partial charge in [0.25, 0.3) is 0 Å². The molecule has 5 rings (SSSR count). The smallest absolute Gasteiger partial charge is 0.342 e. The Hall–Kier alpha value is -1.37. The van der Waals surface area contributed by atoms with Crippen LogP contribution in [0.4, 0.5) is 0 Å². The second-order valence-electron chi connectivity index (χ2n) is 9.68. The number of ether oxygens (including phenoxy) is 4. The molecule has 2 aliphatic rings. The number of allylic oxidation sites excluding steroid dienone is 1. The van der Waals surface area contributed by atoms with Crippen LogP contribution in [0.5, 0.6) is 17.2 Å². The molecule has 1 fully saturated rings. The highest BCUT2D eigenvalue weighted by atomic mass is 79.9. The van der Waals surface area contributed by atoms with Gasteiger partial charge in [-0.1, -0.05) is 19.1 Å². The molecule has 0 saturated carbocycles. The summed E-state index contributed by atoms with van der Waals surface area (Å²) in [7, 11) is 3.27. The predicted molar refractivity (Wildman–Crippen MR) is 191 cm³/mol. The number of rotatable bonds is 9. The largest absolute Gasteiger partial charge is 0.496 e. The number of benzene rings is 3. The van der Waals surface area contributed by atoms with Crippen molar-refractivity contribution in [1.82, 2.24) is 0 Å². The molecule has 0 aromatic heterocycles.